The van der Waals surface area contributed by atoms with E-state index in [9.17, 15) is 9.59 Å². The first kappa shape index (κ1) is 20.0. The summed E-state index contributed by atoms with van der Waals surface area (Å²) in [5.41, 5.74) is 3.87. The number of hydrogen-bond acceptors (Lipinski definition) is 3. The number of benzene rings is 2. The largest absolute Gasteiger partial charge is 0.357 e. The Labute approximate surface area is 180 Å². The highest BCUT2D eigenvalue weighted by atomic mass is 35.5. The first-order chi connectivity index (χ1) is 13.9. The van der Waals surface area contributed by atoms with Gasteiger partial charge in [-0.15, -0.1) is 0 Å². The van der Waals surface area contributed by atoms with Crippen molar-refractivity contribution >= 4 is 46.3 Å². The van der Waals surface area contributed by atoms with Crippen molar-refractivity contribution in [3.8, 4) is 0 Å². The topological polar surface area (TPSA) is 49.4 Å². The third-order valence-corrected chi connectivity index (χ3v) is 6.17. The summed E-state index contributed by atoms with van der Waals surface area (Å²) in [7, 11) is 0. The first-order valence-corrected chi connectivity index (χ1v) is 10.5. The number of carbonyl (C=O) groups is 2. The fraction of sp³-hybridized carbons (Fsp3) is 0.304. The van der Waals surface area contributed by atoms with Gasteiger partial charge < -0.3 is 5.32 Å². The van der Waals surface area contributed by atoms with Crippen LogP contribution in [0, 0.1) is 5.92 Å². The Morgan fingerprint density at radius 3 is 2.59 bits per heavy atom. The van der Waals surface area contributed by atoms with Crippen LogP contribution >= 0.6 is 23.2 Å². The normalized spacial score (nSPS) is 18.9. The number of ketones is 1. The van der Waals surface area contributed by atoms with E-state index in [2.05, 4.69) is 5.32 Å². The predicted molar refractivity (Wildman–Crippen MR) is 117 cm³/mol. The molecule has 29 heavy (non-hydrogen) atoms. The lowest BCUT2D eigenvalue weighted by molar-refractivity contribution is -0.121. The second-order valence-corrected chi connectivity index (χ2v) is 8.56. The maximum Gasteiger partial charge on any atom is 0.230 e. The summed E-state index contributed by atoms with van der Waals surface area (Å²) in [4.78, 5) is 28.3. The summed E-state index contributed by atoms with van der Waals surface area (Å²) in [5, 5.41) is 4.29. The van der Waals surface area contributed by atoms with Gasteiger partial charge in [0.05, 0.1) is 27.5 Å². The smallest absolute Gasteiger partial charge is 0.230 e. The van der Waals surface area contributed by atoms with E-state index < -0.39 is 6.04 Å². The maximum absolute atomic E-state index is 13.4. The van der Waals surface area contributed by atoms with Gasteiger partial charge in [-0.3, -0.25) is 14.5 Å². The molecule has 1 aliphatic heterocycles. The molecule has 1 aliphatic carbocycles. The summed E-state index contributed by atoms with van der Waals surface area (Å²) < 4.78 is 0. The van der Waals surface area contributed by atoms with Crippen LogP contribution in [-0.2, 0) is 9.59 Å². The average Bonchev–Trinajstić information content (AvgIpc) is 2.84. The van der Waals surface area contributed by atoms with Gasteiger partial charge in [0.25, 0.3) is 0 Å². The zero-order valence-corrected chi connectivity index (χ0v) is 17.8. The maximum atomic E-state index is 13.4. The Morgan fingerprint density at radius 1 is 1.10 bits per heavy atom. The summed E-state index contributed by atoms with van der Waals surface area (Å²) >= 11 is 12.5. The van der Waals surface area contributed by atoms with Crippen LogP contribution < -0.4 is 10.2 Å². The van der Waals surface area contributed by atoms with Crippen LogP contribution in [0.5, 0.6) is 0 Å². The molecule has 1 atom stereocenters. The van der Waals surface area contributed by atoms with Crippen molar-refractivity contribution in [2.75, 3.05) is 10.2 Å². The Kier molecular flexibility index (Phi) is 5.41. The van der Waals surface area contributed by atoms with Crippen molar-refractivity contribution in [1.82, 2.24) is 0 Å². The predicted octanol–water partition coefficient (Wildman–Crippen LogP) is 6.16. The van der Waals surface area contributed by atoms with Gasteiger partial charge in [0.15, 0.2) is 5.78 Å². The van der Waals surface area contributed by atoms with Gasteiger partial charge in [0.1, 0.15) is 0 Å². The van der Waals surface area contributed by atoms with Crippen molar-refractivity contribution in [1.29, 1.82) is 0 Å². The minimum Gasteiger partial charge on any atom is -0.357 e. The third-order valence-electron chi connectivity index (χ3n) is 5.43. The van der Waals surface area contributed by atoms with Crippen LogP contribution in [-0.4, -0.2) is 11.7 Å². The van der Waals surface area contributed by atoms with Crippen LogP contribution in [0.4, 0.5) is 11.4 Å². The number of allylic oxidation sites excluding steroid dienone is 1. The molecule has 1 N–H and O–H groups in total. The summed E-state index contributed by atoms with van der Waals surface area (Å²) in [6.45, 7) is 3.74. The van der Waals surface area contributed by atoms with Gasteiger partial charge in [-0.1, -0.05) is 55.2 Å². The standard InChI is InChI=1S/C23H22Cl2N2O2/c1-13(2)23(29)27-19-8-4-3-6-17(19)26-18-7-5-9-20(28)21(18)22(27)14-10-11-15(24)16(25)12-14/h3-4,6,8,10-13,22,26H,5,7,9H2,1-2H3. The molecule has 0 saturated carbocycles. The van der Waals surface area contributed by atoms with Gasteiger partial charge in [-0.25, -0.2) is 0 Å². The van der Waals surface area contributed by atoms with Crippen LogP contribution in [0.25, 0.3) is 0 Å². The number of Topliss-reactive ketones (excluding diaryl/α,β-unsaturated/α-hetero) is 1. The molecule has 1 heterocycles. The number of hydrogen-bond donors (Lipinski definition) is 1. The van der Waals surface area contributed by atoms with E-state index in [0.717, 1.165) is 35.5 Å². The SMILES string of the molecule is CC(C)C(=O)N1c2ccccc2NC2=C(C(=O)CCC2)C1c1ccc(Cl)c(Cl)c1. The van der Waals surface area contributed by atoms with Crippen molar-refractivity contribution in [2.45, 2.75) is 39.2 Å². The number of para-hydroxylation sites is 2. The van der Waals surface area contributed by atoms with Crippen molar-refractivity contribution < 1.29 is 9.59 Å². The summed E-state index contributed by atoms with van der Waals surface area (Å²) in [6, 6.07) is 12.4. The second kappa shape index (κ2) is 7.85. The quantitative estimate of drug-likeness (QED) is 0.623. The fourth-order valence-electron chi connectivity index (χ4n) is 4.05. The fourth-order valence-corrected chi connectivity index (χ4v) is 4.36. The second-order valence-electron chi connectivity index (χ2n) is 7.75. The van der Waals surface area contributed by atoms with E-state index in [4.69, 9.17) is 23.2 Å². The highest BCUT2D eigenvalue weighted by Gasteiger charge is 2.40. The van der Waals surface area contributed by atoms with E-state index in [-0.39, 0.29) is 17.6 Å². The van der Waals surface area contributed by atoms with Gasteiger partial charge >= 0.3 is 0 Å². The Balaban J connectivity index is 2.02. The average molecular weight is 429 g/mol. The molecule has 1 amide bonds. The van der Waals surface area contributed by atoms with E-state index >= 15 is 0 Å². The monoisotopic (exact) mass is 428 g/mol. The Hall–Kier alpha value is -2.30. The Bertz CT molecular complexity index is 1030. The molecule has 2 aromatic rings. The van der Waals surface area contributed by atoms with E-state index in [1.165, 1.54) is 0 Å². The molecule has 2 aromatic carbocycles. The van der Waals surface area contributed by atoms with Gasteiger partial charge in [0, 0.05) is 23.6 Å². The molecule has 4 rings (SSSR count). The van der Waals surface area contributed by atoms with Crippen LogP contribution in [0.2, 0.25) is 10.0 Å². The molecule has 0 radical (unpaired) electrons. The molecular formula is C23H22Cl2N2O2. The number of anilines is 2. The lowest BCUT2D eigenvalue weighted by Crippen LogP contribution is -2.40. The molecular weight excluding hydrogens is 407 g/mol. The van der Waals surface area contributed by atoms with Crippen LogP contribution in [0.3, 0.4) is 0 Å². The molecule has 1 unspecified atom stereocenters. The van der Waals surface area contributed by atoms with Crippen LogP contribution in [0.15, 0.2) is 53.7 Å². The molecule has 150 valence electrons. The number of halogens is 2. The van der Waals surface area contributed by atoms with Crippen molar-refractivity contribution in [3.63, 3.8) is 0 Å². The zero-order valence-electron chi connectivity index (χ0n) is 16.3. The first-order valence-electron chi connectivity index (χ1n) is 9.78. The Morgan fingerprint density at radius 2 is 1.86 bits per heavy atom. The lowest BCUT2D eigenvalue weighted by Gasteiger charge is -2.35. The molecule has 0 bridgehead atoms. The number of carbonyl (C=O) groups excluding carboxylic acids is 2. The summed E-state index contributed by atoms with van der Waals surface area (Å²) in [5.74, 6) is -0.235. The number of rotatable bonds is 2. The van der Waals surface area contributed by atoms with Gasteiger partial charge in [-0.05, 0) is 42.7 Å². The minimum atomic E-state index is -0.557. The van der Waals surface area contributed by atoms with Crippen molar-refractivity contribution in [3.05, 3.63) is 69.3 Å². The van der Waals surface area contributed by atoms with E-state index in [1.807, 2.05) is 44.2 Å². The number of nitrogens with one attached hydrogen (secondary N) is 1. The molecule has 0 aromatic heterocycles. The molecule has 2 aliphatic rings. The van der Waals surface area contributed by atoms with Crippen LogP contribution in [0.1, 0.15) is 44.7 Å². The molecule has 4 nitrogen and oxygen atoms in total. The zero-order chi connectivity index (χ0) is 20.7. The number of fused-ring (bicyclic) bond motifs is 1. The van der Waals surface area contributed by atoms with E-state index in [0.29, 0.717) is 22.0 Å². The molecule has 6 heteroatoms. The number of amides is 1. The molecule has 0 saturated heterocycles. The van der Waals surface area contributed by atoms with Gasteiger partial charge in [-0.2, -0.15) is 0 Å². The molecule has 0 fully saturated rings. The number of nitrogens with zero attached hydrogens (tertiary/aromatic N) is 1. The summed E-state index contributed by atoms with van der Waals surface area (Å²) in [6.07, 6.45) is 2.02. The molecule has 0 spiro atoms. The highest BCUT2D eigenvalue weighted by molar-refractivity contribution is 6.42. The van der Waals surface area contributed by atoms with Crippen molar-refractivity contribution in [2.24, 2.45) is 5.92 Å². The highest BCUT2D eigenvalue weighted by Crippen LogP contribution is 2.46. The van der Waals surface area contributed by atoms with E-state index in [1.54, 1.807) is 17.0 Å². The third kappa shape index (κ3) is 3.56. The van der Waals surface area contributed by atoms with Gasteiger partial charge in [0.2, 0.25) is 5.91 Å². The lowest BCUT2D eigenvalue weighted by atomic mass is 9.85. The minimum absolute atomic E-state index is 0.0533.